The van der Waals surface area contributed by atoms with Crippen LogP contribution in [0.2, 0.25) is 0 Å². The van der Waals surface area contributed by atoms with Gasteiger partial charge in [-0.25, -0.2) is 4.68 Å². The molecule has 0 atom stereocenters. The molecule has 0 N–H and O–H groups in total. The Morgan fingerprint density at radius 1 is 1.15 bits per heavy atom. The molecule has 2 aromatic rings. The van der Waals surface area contributed by atoms with E-state index in [2.05, 4.69) is 5.10 Å². The third-order valence-electron chi connectivity index (χ3n) is 3.42. The van der Waals surface area contributed by atoms with Crippen LogP contribution in [0.1, 0.15) is 17.4 Å². The number of benzene rings is 1. The lowest BCUT2D eigenvalue weighted by molar-refractivity contribution is -0.143. The van der Waals surface area contributed by atoms with Gasteiger partial charge in [-0.1, -0.05) is 18.2 Å². The van der Waals surface area contributed by atoms with E-state index < -0.39 is 11.9 Å². The van der Waals surface area contributed by atoms with Gasteiger partial charge in [-0.3, -0.25) is 14.4 Å². The van der Waals surface area contributed by atoms with Gasteiger partial charge in [0, 0.05) is 13.1 Å². The van der Waals surface area contributed by atoms with Crippen LogP contribution in [0.4, 0.5) is 0 Å². The first-order valence-electron chi connectivity index (χ1n) is 8.18. The fourth-order valence-electron chi connectivity index (χ4n) is 2.16. The number of likely N-dealkylation sites (N-methyl/N-ethyl adjacent to an activating group) is 1. The number of carbonyl (C=O) groups excluding carboxylic acids is 2. The van der Waals surface area contributed by atoms with E-state index in [-0.39, 0.29) is 37.6 Å². The Kier molecular flexibility index (Phi) is 6.90. The minimum atomic E-state index is -0.507. The Morgan fingerprint density at radius 3 is 2.58 bits per heavy atom. The summed E-state index contributed by atoms with van der Waals surface area (Å²) in [6.07, 6.45) is 0. The van der Waals surface area contributed by atoms with Gasteiger partial charge in [-0.05, 0) is 25.1 Å². The summed E-state index contributed by atoms with van der Waals surface area (Å²) in [5, 5.41) is 4.06. The first-order valence-corrected chi connectivity index (χ1v) is 8.18. The van der Waals surface area contributed by atoms with Gasteiger partial charge in [0.25, 0.3) is 11.5 Å². The molecule has 1 aromatic heterocycles. The second kappa shape index (κ2) is 9.36. The van der Waals surface area contributed by atoms with E-state index in [9.17, 15) is 14.4 Å². The smallest absolute Gasteiger partial charge is 0.325 e. The SMILES string of the molecule is CCOC(=O)CN(C)C(=O)c1ccc(=O)n(CCOc2ccccc2)n1. The zero-order chi connectivity index (χ0) is 18.9. The Bertz CT molecular complexity index is 804. The van der Waals surface area contributed by atoms with E-state index >= 15 is 0 Å². The predicted octanol–water partition coefficient (Wildman–Crippen LogP) is 0.957. The molecular formula is C18H21N3O5. The van der Waals surface area contributed by atoms with Crippen molar-refractivity contribution in [3.8, 4) is 5.75 Å². The molecule has 1 aromatic carbocycles. The summed E-state index contributed by atoms with van der Waals surface area (Å²) < 4.78 is 11.5. The van der Waals surface area contributed by atoms with Crippen molar-refractivity contribution in [1.29, 1.82) is 0 Å². The lowest BCUT2D eigenvalue weighted by atomic mass is 10.3. The van der Waals surface area contributed by atoms with Crippen LogP contribution >= 0.6 is 0 Å². The third kappa shape index (κ3) is 5.44. The molecule has 0 saturated carbocycles. The van der Waals surface area contributed by atoms with Crippen molar-refractivity contribution in [3.05, 3.63) is 58.5 Å². The van der Waals surface area contributed by atoms with Crippen molar-refractivity contribution in [3.63, 3.8) is 0 Å². The number of nitrogens with zero attached hydrogens (tertiary/aromatic N) is 3. The maximum Gasteiger partial charge on any atom is 0.325 e. The van der Waals surface area contributed by atoms with Crippen molar-refractivity contribution in [2.24, 2.45) is 0 Å². The van der Waals surface area contributed by atoms with Crippen LogP contribution in [0.3, 0.4) is 0 Å². The molecule has 0 bridgehead atoms. The van der Waals surface area contributed by atoms with E-state index in [0.29, 0.717) is 5.75 Å². The van der Waals surface area contributed by atoms with Gasteiger partial charge in [0.05, 0.1) is 13.2 Å². The Balaban J connectivity index is 2.00. The number of esters is 1. The molecule has 0 radical (unpaired) electrons. The summed E-state index contributed by atoms with van der Waals surface area (Å²) in [5.74, 6) is -0.300. The van der Waals surface area contributed by atoms with E-state index in [1.165, 1.54) is 24.1 Å². The average Bonchev–Trinajstić information content (AvgIpc) is 2.63. The molecule has 0 aliphatic rings. The molecule has 0 saturated heterocycles. The van der Waals surface area contributed by atoms with Gasteiger partial charge in [0.2, 0.25) is 0 Å². The second-order valence-corrected chi connectivity index (χ2v) is 5.41. The molecule has 8 heteroatoms. The summed E-state index contributed by atoms with van der Waals surface area (Å²) >= 11 is 0. The van der Waals surface area contributed by atoms with Crippen molar-refractivity contribution in [1.82, 2.24) is 14.7 Å². The molecule has 0 aliphatic carbocycles. The summed E-state index contributed by atoms with van der Waals surface area (Å²) in [5.41, 5.74) is -0.276. The van der Waals surface area contributed by atoms with E-state index in [1.807, 2.05) is 18.2 Å². The monoisotopic (exact) mass is 359 g/mol. The van der Waals surface area contributed by atoms with Crippen molar-refractivity contribution < 1.29 is 19.1 Å². The lowest BCUT2D eigenvalue weighted by Gasteiger charge is -2.16. The maximum absolute atomic E-state index is 12.4. The highest BCUT2D eigenvalue weighted by molar-refractivity contribution is 5.93. The van der Waals surface area contributed by atoms with Crippen LogP contribution in [-0.2, 0) is 16.1 Å². The minimum Gasteiger partial charge on any atom is -0.492 e. The number of hydrogen-bond acceptors (Lipinski definition) is 6. The van der Waals surface area contributed by atoms with Gasteiger partial charge < -0.3 is 14.4 Å². The molecule has 0 aliphatic heterocycles. The van der Waals surface area contributed by atoms with Gasteiger partial charge in [-0.2, -0.15) is 5.10 Å². The van der Waals surface area contributed by atoms with Crippen LogP contribution < -0.4 is 10.3 Å². The summed E-state index contributed by atoms with van der Waals surface area (Å²) in [7, 11) is 1.47. The summed E-state index contributed by atoms with van der Waals surface area (Å²) in [4.78, 5) is 36.9. The topological polar surface area (TPSA) is 90.7 Å². The van der Waals surface area contributed by atoms with Crippen molar-refractivity contribution in [2.45, 2.75) is 13.5 Å². The molecule has 138 valence electrons. The molecule has 0 spiro atoms. The van der Waals surface area contributed by atoms with E-state index in [1.54, 1.807) is 19.1 Å². The van der Waals surface area contributed by atoms with Crippen LogP contribution in [0.15, 0.2) is 47.3 Å². The Labute approximate surface area is 150 Å². The van der Waals surface area contributed by atoms with Gasteiger partial charge >= 0.3 is 5.97 Å². The molecule has 0 fully saturated rings. The predicted molar refractivity (Wildman–Crippen MR) is 94.0 cm³/mol. The second-order valence-electron chi connectivity index (χ2n) is 5.41. The van der Waals surface area contributed by atoms with Crippen molar-refractivity contribution >= 4 is 11.9 Å². The Hall–Kier alpha value is -3.16. The van der Waals surface area contributed by atoms with Gasteiger partial charge in [0.1, 0.15) is 24.6 Å². The fourth-order valence-corrected chi connectivity index (χ4v) is 2.16. The number of ether oxygens (including phenoxy) is 2. The normalized spacial score (nSPS) is 10.2. The average molecular weight is 359 g/mol. The van der Waals surface area contributed by atoms with E-state index in [0.717, 1.165) is 4.68 Å². The quantitative estimate of drug-likeness (QED) is 0.652. The number of aromatic nitrogens is 2. The zero-order valence-electron chi connectivity index (χ0n) is 14.8. The zero-order valence-corrected chi connectivity index (χ0v) is 14.8. The number of carbonyl (C=O) groups is 2. The first kappa shape index (κ1) is 19.2. The molecule has 2 rings (SSSR count). The highest BCUT2D eigenvalue weighted by Crippen LogP contribution is 2.07. The number of para-hydroxylation sites is 1. The minimum absolute atomic E-state index is 0.0658. The Morgan fingerprint density at radius 2 is 1.88 bits per heavy atom. The molecule has 8 nitrogen and oxygen atoms in total. The third-order valence-corrected chi connectivity index (χ3v) is 3.42. The molecule has 1 heterocycles. The number of hydrogen-bond donors (Lipinski definition) is 0. The number of amides is 1. The number of rotatable bonds is 8. The van der Waals surface area contributed by atoms with E-state index in [4.69, 9.17) is 9.47 Å². The molecular weight excluding hydrogens is 338 g/mol. The van der Waals surface area contributed by atoms with Crippen LogP contribution in [0.5, 0.6) is 5.75 Å². The van der Waals surface area contributed by atoms with Crippen LogP contribution in [0.25, 0.3) is 0 Å². The highest BCUT2D eigenvalue weighted by Gasteiger charge is 2.17. The standard InChI is InChI=1S/C18H21N3O5/c1-3-25-17(23)13-20(2)18(24)15-9-10-16(22)21(19-15)11-12-26-14-7-5-4-6-8-14/h4-10H,3,11-13H2,1-2H3. The molecule has 26 heavy (non-hydrogen) atoms. The maximum atomic E-state index is 12.4. The lowest BCUT2D eigenvalue weighted by Crippen LogP contribution is -2.35. The van der Waals surface area contributed by atoms with Crippen LogP contribution in [-0.4, -0.2) is 53.4 Å². The largest absolute Gasteiger partial charge is 0.492 e. The van der Waals surface area contributed by atoms with Crippen molar-refractivity contribution in [2.75, 3.05) is 26.8 Å². The molecule has 0 unspecified atom stereocenters. The summed E-state index contributed by atoms with van der Waals surface area (Å²) in [6, 6.07) is 11.8. The molecule has 1 amide bonds. The van der Waals surface area contributed by atoms with Gasteiger partial charge in [-0.15, -0.1) is 0 Å². The first-order chi connectivity index (χ1) is 12.5. The van der Waals surface area contributed by atoms with Gasteiger partial charge in [0.15, 0.2) is 0 Å². The fraction of sp³-hybridized carbons (Fsp3) is 0.333. The highest BCUT2D eigenvalue weighted by atomic mass is 16.5. The summed E-state index contributed by atoms with van der Waals surface area (Å²) in [6.45, 7) is 2.16. The van der Waals surface area contributed by atoms with Crippen LogP contribution in [0, 0.1) is 0 Å².